The Labute approximate surface area is 162 Å². The van der Waals surface area contributed by atoms with Crippen LogP contribution in [0.4, 0.5) is 0 Å². The summed E-state index contributed by atoms with van der Waals surface area (Å²) in [7, 11) is 2.25. The molecule has 0 unspecified atom stereocenters. The molecule has 0 fully saturated rings. The summed E-state index contributed by atoms with van der Waals surface area (Å²) >= 11 is 5.89. The molecule has 2 N–H and O–H groups in total. The summed E-state index contributed by atoms with van der Waals surface area (Å²) in [6, 6.07) is 8.25. The van der Waals surface area contributed by atoms with Crippen LogP contribution in [0, 0.1) is 0 Å². The average Bonchev–Trinajstić information content (AvgIpc) is 2.60. The monoisotopic (exact) mass is 385 g/mol. The predicted octanol–water partition coefficient (Wildman–Crippen LogP) is 4.72. The maximum Gasteiger partial charge on any atom is 0.414 e. The van der Waals surface area contributed by atoms with Crippen molar-refractivity contribution in [3.8, 4) is 0 Å². The van der Waals surface area contributed by atoms with Gasteiger partial charge in [0.1, 0.15) is 0 Å². The van der Waals surface area contributed by atoms with E-state index >= 15 is 0 Å². The second-order valence-electron chi connectivity index (χ2n) is 6.41. The quantitative estimate of drug-likeness (QED) is 0.425. The highest BCUT2D eigenvalue weighted by molar-refractivity contribution is 6.30. The average molecular weight is 386 g/mol. The van der Waals surface area contributed by atoms with Gasteiger partial charge in [-0.15, -0.1) is 0 Å². The number of halogens is 1. The smallest absolute Gasteiger partial charge is 0.414 e. The Morgan fingerprint density at radius 2 is 1.38 bits per heavy atom. The molecule has 0 saturated carbocycles. The highest BCUT2D eigenvalue weighted by Crippen LogP contribution is 2.12. The van der Waals surface area contributed by atoms with Crippen molar-refractivity contribution >= 4 is 23.5 Å². The van der Waals surface area contributed by atoms with Crippen molar-refractivity contribution < 1.29 is 19.8 Å². The molecule has 6 heteroatoms. The van der Waals surface area contributed by atoms with E-state index in [1.54, 1.807) is 0 Å². The molecule has 0 aromatic heterocycles. The second-order valence-corrected chi connectivity index (χ2v) is 6.85. The molecule has 0 saturated heterocycles. The van der Waals surface area contributed by atoms with Crippen LogP contribution in [0.5, 0.6) is 0 Å². The number of aryl methyl sites for hydroxylation is 1. The third-order valence-corrected chi connectivity index (χ3v) is 4.25. The van der Waals surface area contributed by atoms with E-state index in [1.165, 1.54) is 70.0 Å². The lowest BCUT2D eigenvalue weighted by Crippen LogP contribution is -2.21. The van der Waals surface area contributed by atoms with Crippen molar-refractivity contribution in [2.45, 2.75) is 58.3 Å². The van der Waals surface area contributed by atoms with Crippen molar-refractivity contribution in [1.82, 2.24) is 4.90 Å². The number of nitrogens with zero attached hydrogens (tertiary/aromatic N) is 1. The Morgan fingerprint density at radius 1 is 0.885 bits per heavy atom. The van der Waals surface area contributed by atoms with E-state index < -0.39 is 11.9 Å². The number of aliphatic carboxylic acids is 2. The van der Waals surface area contributed by atoms with Gasteiger partial charge in [0.15, 0.2) is 0 Å². The van der Waals surface area contributed by atoms with Crippen LogP contribution >= 0.6 is 11.6 Å². The number of hydrogen-bond donors (Lipinski definition) is 2. The van der Waals surface area contributed by atoms with Gasteiger partial charge < -0.3 is 15.1 Å². The predicted molar refractivity (Wildman–Crippen MR) is 106 cm³/mol. The number of carbonyl (C=O) groups is 2. The molecule has 0 bridgehead atoms. The van der Waals surface area contributed by atoms with E-state index in [1.807, 2.05) is 12.1 Å². The maximum absolute atomic E-state index is 9.10. The van der Waals surface area contributed by atoms with Crippen LogP contribution in [0.3, 0.4) is 0 Å². The summed E-state index contributed by atoms with van der Waals surface area (Å²) in [5, 5.41) is 15.6. The molecule has 0 aliphatic carbocycles. The fourth-order valence-corrected chi connectivity index (χ4v) is 2.58. The van der Waals surface area contributed by atoms with E-state index in [4.69, 9.17) is 31.4 Å². The lowest BCUT2D eigenvalue weighted by molar-refractivity contribution is -0.159. The summed E-state index contributed by atoms with van der Waals surface area (Å²) in [4.78, 5) is 20.7. The van der Waals surface area contributed by atoms with Gasteiger partial charge in [-0.3, -0.25) is 0 Å². The molecule has 1 rings (SSSR count). The Morgan fingerprint density at radius 3 is 1.88 bits per heavy atom. The van der Waals surface area contributed by atoms with Crippen LogP contribution in [0.15, 0.2) is 24.3 Å². The first-order chi connectivity index (χ1) is 12.4. The fourth-order valence-electron chi connectivity index (χ4n) is 2.46. The molecule has 1 aromatic carbocycles. The minimum atomic E-state index is -1.82. The van der Waals surface area contributed by atoms with Gasteiger partial charge in [-0.25, -0.2) is 9.59 Å². The van der Waals surface area contributed by atoms with Gasteiger partial charge in [-0.1, -0.05) is 56.3 Å². The topological polar surface area (TPSA) is 77.8 Å². The summed E-state index contributed by atoms with van der Waals surface area (Å²) in [5.41, 5.74) is 1.40. The Kier molecular flexibility index (Phi) is 14.7. The maximum atomic E-state index is 9.10. The zero-order valence-electron chi connectivity index (χ0n) is 15.9. The third kappa shape index (κ3) is 14.7. The van der Waals surface area contributed by atoms with Crippen LogP contribution in [0.2, 0.25) is 5.02 Å². The minimum absolute atomic E-state index is 0.830. The first kappa shape index (κ1) is 24.4. The van der Waals surface area contributed by atoms with E-state index in [9.17, 15) is 0 Å². The molecule has 1 aromatic rings. The van der Waals surface area contributed by atoms with Crippen molar-refractivity contribution in [1.29, 1.82) is 0 Å². The van der Waals surface area contributed by atoms with Crippen LogP contribution in [0.25, 0.3) is 0 Å². The van der Waals surface area contributed by atoms with E-state index in [2.05, 4.69) is 31.0 Å². The van der Waals surface area contributed by atoms with Crippen LogP contribution in [-0.4, -0.2) is 47.2 Å². The van der Waals surface area contributed by atoms with Gasteiger partial charge >= 0.3 is 11.9 Å². The van der Waals surface area contributed by atoms with Crippen molar-refractivity contribution in [3.63, 3.8) is 0 Å². The number of benzene rings is 1. The standard InChI is InChI=1S/C18H30ClN.C2H2O4/c1-3-4-5-6-8-15-20(2)16-9-7-10-17-11-13-18(19)14-12-17;3-1(4)2(5)6/h11-14H,3-10,15-16H2,1-2H3;(H,3,4)(H,5,6). The van der Waals surface area contributed by atoms with Gasteiger partial charge in [0.2, 0.25) is 0 Å². The molecule has 0 radical (unpaired) electrons. The van der Waals surface area contributed by atoms with Crippen LogP contribution in [0.1, 0.15) is 57.4 Å². The number of carboxylic acids is 2. The van der Waals surface area contributed by atoms with Crippen LogP contribution in [-0.2, 0) is 16.0 Å². The molecular weight excluding hydrogens is 354 g/mol. The van der Waals surface area contributed by atoms with E-state index in [-0.39, 0.29) is 0 Å². The number of hydrogen-bond acceptors (Lipinski definition) is 3. The molecule has 148 valence electrons. The van der Waals surface area contributed by atoms with Crippen molar-refractivity contribution in [2.24, 2.45) is 0 Å². The summed E-state index contributed by atoms with van der Waals surface area (Å²) in [6.07, 6.45) is 10.6. The lowest BCUT2D eigenvalue weighted by atomic mass is 10.1. The first-order valence-electron chi connectivity index (χ1n) is 9.26. The Bertz CT molecular complexity index is 493. The minimum Gasteiger partial charge on any atom is -0.473 e. The summed E-state index contributed by atoms with van der Waals surface area (Å²) in [6.45, 7) is 4.75. The molecule has 0 aliphatic heterocycles. The van der Waals surface area contributed by atoms with E-state index in [0.29, 0.717) is 0 Å². The lowest BCUT2D eigenvalue weighted by Gasteiger charge is -2.16. The SMILES string of the molecule is CCCCCCCN(C)CCCCc1ccc(Cl)cc1.O=C(O)C(=O)O. The van der Waals surface area contributed by atoms with Crippen LogP contribution < -0.4 is 0 Å². The zero-order valence-corrected chi connectivity index (χ0v) is 16.7. The number of rotatable bonds is 11. The third-order valence-electron chi connectivity index (χ3n) is 3.99. The normalized spacial score (nSPS) is 10.3. The molecule has 0 heterocycles. The van der Waals surface area contributed by atoms with E-state index in [0.717, 1.165) is 5.02 Å². The van der Waals surface area contributed by atoms with Gasteiger partial charge in [-0.2, -0.15) is 0 Å². The molecule has 0 aliphatic rings. The largest absolute Gasteiger partial charge is 0.473 e. The molecular formula is C20H32ClNO4. The molecule has 0 spiro atoms. The van der Waals surface area contributed by atoms with Crippen molar-refractivity contribution in [2.75, 3.05) is 20.1 Å². The number of unbranched alkanes of at least 4 members (excludes halogenated alkanes) is 5. The van der Waals surface area contributed by atoms with Gasteiger partial charge in [-0.05, 0) is 63.5 Å². The van der Waals surface area contributed by atoms with Crippen molar-refractivity contribution in [3.05, 3.63) is 34.9 Å². The van der Waals surface area contributed by atoms with Gasteiger partial charge in [0.25, 0.3) is 0 Å². The Hall–Kier alpha value is -1.59. The first-order valence-corrected chi connectivity index (χ1v) is 9.63. The van der Waals surface area contributed by atoms with Gasteiger partial charge in [0.05, 0.1) is 0 Å². The molecule has 0 amide bonds. The number of carboxylic acid groups (broad SMARTS) is 2. The second kappa shape index (κ2) is 15.6. The Balaban J connectivity index is 0.000000896. The highest BCUT2D eigenvalue weighted by Gasteiger charge is 2.04. The summed E-state index contributed by atoms with van der Waals surface area (Å²) in [5.74, 6) is -3.65. The summed E-state index contributed by atoms with van der Waals surface area (Å²) < 4.78 is 0. The molecule has 5 nitrogen and oxygen atoms in total. The fraction of sp³-hybridized carbons (Fsp3) is 0.600. The zero-order chi connectivity index (χ0) is 19.8. The molecule has 0 atom stereocenters. The molecule has 26 heavy (non-hydrogen) atoms. The van der Waals surface area contributed by atoms with Gasteiger partial charge in [0, 0.05) is 5.02 Å². The highest BCUT2D eigenvalue weighted by atomic mass is 35.5.